The molecule has 20 heavy (non-hydrogen) atoms. The maximum absolute atomic E-state index is 13.0. The van der Waals surface area contributed by atoms with E-state index in [0.29, 0.717) is 11.1 Å². The number of nitrogens with one attached hydrogen (secondary N) is 2. The van der Waals surface area contributed by atoms with Crippen LogP contribution in [-0.4, -0.2) is 32.7 Å². The van der Waals surface area contributed by atoms with Crippen LogP contribution in [0.15, 0.2) is 24.3 Å². The Morgan fingerprint density at radius 1 is 1.45 bits per heavy atom. The first-order chi connectivity index (χ1) is 9.63. The summed E-state index contributed by atoms with van der Waals surface area (Å²) < 4.78 is 18.1. The summed E-state index contributed by atoms with van der Waals surface area (Å²) in [5.74, 6) is -0.509. The van der Waals surface area contributed by atoms with E-state index in [-0.39, 0.29) is 18.3 Å². The molecule has 0 saturated heterocycles. The number of hydrogen-bond donors (Lipinski definition) is 2. The molecule has 0 atom stereocenters. The molecule has 2 N–H and O–H groups in total. The molecular weight excluding hydrogens is 259 g/mol. The molecule has 1 aliphatic rings. The van der Waals surface area contributed by atoms with E-state index in [1.54, 1.807) is 19.2 Å². The average molecular weight is 280 g/mol. The van der Waals surface area contributed by atoms with Crippen LogP contribution in [0.3, 0.4) is 0 Å². The molecule has 1 aromatic rings. The zero-order chi connectivity index (χ0) is 14.4. The van der Waals surface area contributed by atoms with Crippen LogP contribution >= 0.6 is 0 Å². The van der Waals surface area contributed by atoms with Crippen LogP contribution in [0.5, 0.6) is 0 Å². The van der Waals surface area contributed by atoms with Crippen molar-refractivity contribution in [2.75, 3.05) is 32.1 Å². The molecule has 0 aromatic heterocycles. The van der Waals surface area contributed by atoms with Crippen molar-refractivity contribution < 1.29 is 13.9 Å². The third-order valence-electron chi connectivity index (χ3n) is 3.69. The molecule has 1 aliphatic carbocycles. The third-order valence-corrected chi connectivity index (χ3v) is 3.69. The number of rotatable bonds is 8. The number of benzene rings is 1. The van der Waals surface area contributed by atoms with E-state index >= 15 is 0 Å². The van der Waals surface area contributed by atoms with Crippen LogP contribution < -0.4 is 10.6 Å². The van der Waals surface area contributed by atoms with Crippen molar-refractivity contribution in [2.45, 2.75) is 19.3 Å². The standard InChI is InChI=1S/C15H21FN2O2/c1-20-8-7-15(5-6-15)11-17-10-14(19)18-13-4-2-3-12(16)9-13/h2-4,9,17H,5-8,10-11H2,1H3,(H,18,19). The van der Waals surface area contributed by atoms with Gasteiger partial charge in [0.1, 0.15) is 5.82 Å². The van der Waals surface area contributed by atoms with Gasteiger partial charge in [-0.1, -0.05) is 6.07 Å². The minimum Gasteiger partial charge on any atom is -0.385 e. The highest BCUT2D eigenvalue weighted by atomic mass is 19.1. The molecule has 1 aromatic carbocycles. The maximum Gasteiger partial charge on any atom is 0.238 e. The fourth-order valence-electron chi connectivity index (χ4n) is 2.22. The number of halogens is 1. The smallest absolute Gasteiger partial charge is 0.238 e. The summed E-state index contributed by atoms with van der Waals surface area (Å²) >= 11 is 0. The molecule has 1 saturated carbocycles. The molecule has 0 spiro atoms. The van der Waals surface area contributed by atoms with Gasteiger partial charge in [-0.05, 0) is 42.9 Å². The van der Waals surface area contributed by atoms with Gasteiger partial charge in [0.05, 0.1) is 6.54 Å². The summed E-state index contributed by atoms with van der Waals surface area (Å²) in [6.07, 6.45) is 3.41. The molecule has 1 fully saturated rings. The number of methoxy groups -OCH3 is 1. The number of carbonyl (C=O) groups is 1. The normalized spacial score (nSPS) is 15.9. The SMILES string of the molecule is COCCC1(CNCC(=O)Nc2cccc(F)c2)CC1. The van der Waals surface area contributed by atoms with Crippen LogP contribution in [0.1, 0.15) is 19.3 Å². The molecule has 110 valence electrons. The molecule has 1 amide bonds. The molecule has 0 radical (unpaired) electrons. The lowest BCUT2D eigenvalue weighted by atomic mass is 10.0. The van der Waals surface area contributed by atoms with Crippen molar-refractivity contribution in [1.29, 1.82) is 0 Å². The van der Waals surface area contributed by atoms with Crippen LogP contribution in [0.25, 0.3) is 0 Å². The number of ether oxygens (including phenoxy) is 1. The van der Waals surface area contributed by atoms with Gasteiger partial charge in [-0.2, -0.15) is 0 Å². The van der Waals surface area contributed by atoms with Gasteiger partial charge in [0.15, 0.2) is 0 Å². The van der Waals surface area contributed by atoms with Gasteiger partial charge in [-0.15, -0.1) is 0 Å². The van der Waals surface area contributed by atoms with E-state index in [2.05, 4.69) is 10.6 Å². The zero-order valence-corrected chi connectivity index (χ0v) is 11.7. The highest BCUT2D eigenvalue weighted by Gasteiger charge is 2.41. The second kappa shape index (κ2) is 6.81. The predicted molar refractivity (Wildman–Crippen MR) is 76.1 cm³/mol. The second-order valence-corrected chi connectivity index (χ2v) is 5.40. The van der Waals surface area contributed by atoms with Gasteiger partial charge < -0.3 is 15.4 Å². The van der Waals surface area contributed by atoms with E-state index in [0.717, 1.165) is 19.6 Å². The Bertz CT molecular complexity index is 461. The first-order valence-electron chi connectivity index (χ1n) is 6.89. The lowest BCUT2D eigenvalue weighted by Gasteiger charge is -2.15. The van der Waals surface area contributed by atoms with Crippen molar-refractivity contribution in [2.24, 2.45) is 5.41 Å². The van der Waals surface area contributed by atoms with Gasteiger partial charge in [-0.3, -0.25) is 4.79 Å². The number of carbonyl (C=O) groups excluding carboxylic acids is 1. The lowest BCUT2D eigenvalue weighted by molar-refractivity contribution is -0.115. The number of amides is 1. The van der Waals surface area contributed by atoms with Crippen LogP contribution in [0, 0.1) is 11.2 Å². The molecule has 0 bridgehead atoms. The van der Waals surface area contributed by atoms with Crippen LogP contribution in [-0.2, 0) is 9.53 Å². The molecule has 4 nitrogen and oxygen atoms in total. The Morgan fingerprint density at radius 3 is 2.90 bits per heavy atom. The van der Waals surface area contributed by atoms with Gasteiger partial charge in [-0.25, -0.2) is 4.39 Å². The van der Waals surface area contributed by atoms with Gasteiger partial charge in [0, 0.05) is 25.9 Å². The Kier molecular flexibility index (Phi) is 5.09. The summed E-state index contributed by atoms with van der Waals surface area (Å²) in [5, 5.41) is 5.84. The quantitative estimate of drug-likeness (QED) is 0.767. The Labute approximate surface area is 118 Å². The zero-order valence-electron chi connectivity index (χ0n) is 11.7. The Hall–Kier alpha value is -1.46. The fraction of sp³-hybridized carbons (Fsp3) is 0.533. The second-order valence-electron chi connectivity index (χ2n) is 5.40. The van der Waals surface area contributed by atoms with E-state index in [1.807, 2.05) is 0 Å². The van der Waals surface area contributed by atoms with E-state index in [1.165, 1.54) is 25.0 Å². The maximum atomic E-state index is 13.0. The lowest BCUT2D eigenvalue weighted by Crippen LogP contribution is -2.32. The topological polar surface area (TPSA) is 50.4 Å². The predicted octanol–water partition coefficient (Wildman–Crippen LogP) is 2.17. The third kappa shape index (κ3) is 4.58. The first kappa shape index (κ1) is 14.9. The monoisotopic (exact) mass is 280 g/mol. The fourth-order valence-corrected chi connectivity index (χ4v) is 2.22. The van der Waals surface area contributed by atoms with E-state index in [9.17, 15) is 9.18 Å². The largest absolute Gasteiger partial charge is 0.385 e. The molecular formula is C15H21FN2O2. The molecule has 5 heteroatoms. The molecule has 0 heterocycles. The van der Waals surface area contributed by atoms with E-state index < -0.39 is 0 Å². The van der Waals surface area contributed by atoms with Crippen molar-refractivity contribution in [1.82, 2.24) is 5.32 Å². The molecule has 0 unspecified atom stereocenters. The first-order valence-corrected chi connectivity index (χ1v) is 6.89. The van der Waals surface area contributed by atoms with Crippen LogP contribution in [0.2, 0.25) is 0 Å². The molecule has 2 rings (SSSR count). The van der Waals surface area contributed by atoms with Gasteiger partial charge in [0.25, 0.3) is 0 Å². The summed E-state index contributed by atoms with van der Waals surface area (Å²) in [6, 6.07) is 5.89. The van der Waals surface area contributed by atoms with Gasteiger partial charge in [0.2, 0.25) is 5.91 Å². The molecule has 0 aliphatic heterocycles. The highest BCUT2D eigenvalue weighted by molar-refractivity contribution is 5.92. The van der Waals surface area contributed by atoms with Crippen molar-refractivity contribution in [3.05, 3.63) is 30.1 Å². The summed E-state index contributed by atoms with van der Waals surface area (Å²) in [5.41, 5.74) is 0.798. The summed E-state index contributed by atoms with van der Waals surface area (Å²) in [6.45, 7) is 1.83. The van der Waals surface area contributed by atoms with Crippen molar-refractivity contribution >= 4 is 11.6 Å². The van der Waals surface area contributed by atoms with Crippen molar-refractivity contribution in [3.8, 4) is 0 Å². The minimum atomic E-state index is -0.354. The summed E-state index contributed by atoms with van der Waals surface area (Å²) in [7, 11) is 1.70. The average Bonchev–Trinajstić information content (AvgIpc) is 3.17. The van der Waals surface area contributed by atoms with Gasteiger partial charge >= 0.3 is 0 Å². The summed E-state index contributed by atoms with van der Waals surface area (Å²) in [4.78, 5) is 11.7. The van der Waals surface area contributed by atoms with Crippen molar-refractivity contribution in [3.63, 3.8) is 0 Å². The van der Waals surface area contributed by atoms with Crippen LogP contribution in [0.4, 0.5) is 10.1 Å². The number of hydrogen-bond acceptors (Lipinski definition) is 3. The Morgan fingerprint density at radius 2 is 2.25 bits per heavy atom. The highest BCUT2D eigenvalue weighted by Crippen LogP contribution is 2.48. The Balaban J connectivity index is 1.68. The number of anilines is 1. The van der Waals surface area contributed by atoms with E-state index in [4.69, 9.17) is 4.74 Å². The minimum absolute atomic E-state index is 0.154.